The molecule has 84 valence electrons. The van der Waals surface area contributed by atoms with Crippen LogP contribution in [0.25, 0.3) is 0 Å². The highest BCUT2D eigenvalue weighted by Gasteiger charge is 1.98. The third-order valence-electron chi connectivity index (χ3n) is 2.15. The van der Waals surface area contributed by atoms with Crippen LogP contribution in [0.3, 0.4) is 0 Å². The maximum Gasteiger partial charge on any atom is 0.140 e. The SMILES string of the molecule is N#Cc1ccc(OCc2cccc(F)c2)cn1. The molecule has 0 aliphatic heterocycles. The summed E-state index contributed by atoms with van der Waals surface area (Å²) in [6.07, 6.45) is 1.47. The molecule has 0 bridgehead atoms. The third-order valence-corrected chi connectivity index (χ3v) is 2.15. The van der Waals surface area contributed by atoms with Crippen LogP contribution in [0.15, 0.2) is 42.6 Å². The molecule has 4 heteroatoms. The Kier molecular flexibility index (Phi) is 3.31. The van der Waals surface area contributed by atoms with E-state index in [-0.39, 0.29) is 12.4 Å². The Bertz CT molecular complexity index is 546. The van der Waals surface area contributed by atoms with Gasteiger partial charge in [0.1, 0.15) is 29.9 Å². The van der Waals surface area contributed by atoms with Crippen LogP contribution in [-0.2, 0) is 6.61 Å². The summed E-state index contributed by atoms with van der Waals surface area (Å²) in [6, 6.07) is 11.4. The Hall–Kier alpha value is -2.41. The Morgan fingerprint density at radius 1 is 1.29 bits per heavy atom. The van der Waals surface area contributed by atoms with Gasteiger partial charge in [-0.15, -0.1) is 0 Å². The highest BCUT2D eigenvalue weighted by molar-refractivity contribution is 5.27. The molecule has 1 aromatic carbocycles. The average molecular weight is 228 g/mol. The predicted octanol–water partition coefficient (Wildman–Crippen LogP) is 2.67. The highest BCUT2D eigenvalue weighted by Crippen LogP contribution is 2.12. The van der Waals surface area contributed by atoms with E-state index in [1.54, 1.807) is 24.3 Å². The van der Waals surface area contributed by atoms with Gasteiger partial charge in [-0.25, -0.2) is 9.37 Å². The Labute approximate surface area is 98.1 Å². The van der Waals surface area contributed by atoms with E-state index in [4.69, 9.17) is 10.00 Å². The lowest BCUT2D eigenvalue weighted by molar-refractivity contribution is 0.304. The molecule has 2 aromatic rings. The molecule has 1 heterocycles. The minimum absolute atomic E-state index is 0.269. The van der Waals surface area contributed by atoms with Crippen LogP contribution in [-0.4, -0.2) is 4.98 Å². The maximum atomic E-state index is 12.9. The van der Waals surface area contributed by atoms with Crippen LogP contribution in [0.4, 0.5) is 4.39 Å². The summed E-state index contributed by atoms with van der Waals surface area (Å²) in [5, 5.41) is 8.57. The summed E-state index contributed by atoms with van der Waals surface area (Å²) < 4.78 is 18.3. The molecule has 2 rings (SSSR count). The van der Waals surface area contributed by atoms with Gasteiger partial charge in [0.2, 0.25) is 0 Å². The number of benzene rings is 1. The van der Waals surface area contributed by atoms with Crippen LogP contribution < -0.4 is 4.74 Å². The van der Waals surface area contributed by atoms with Gasteiger partial charge in [0.15, 0.2) is 0 Å². The van der Waals surface area contributed by atoms with Crippen molar-refractivity contribution in [2.75, 3.05) is 0 Å². The molecular weight excluding hydrogens is 219 g/mol. The second-order valence-corrected chi connectivity index (χ2v) is 3.41. The molecule has 0 amide bonds. The first-order valence-electron chi connectivity index (χ1n) is 5.01. The summed E-state index contributed by atoms with van der Waals surface area (Å²) in [7, 11) is 0. The van der Waals surface area contributed by atoms with Gasteiger partial charge >= 0.3 is 0 Å². The van der Waals surface area contributed by atoms with Gasteiger partial charge in [-0.2, -0.15) is 5.26 Å². The average Bonchev–Trinajstić information content (AvgIpc) is 2.37. The van der Waals surface area contributed by atoms with Gasteiger partial charge in [0.05, 0.1) is 6.20 Å². The zero-order valence-corrected chi connectivity index (χ0v) is 8.93. The van der Waals surface area contributed by atoms with E-state index >= 15 is 0 Å². The number of rotatable bonds is 3. The molecule has 0 aliphatic rings. The topological polar surface area (TPSA) is 45.9 Å². The molecule has 0 aliphatic carbocycles. The second kappa shape index (κ2) is 5.08. The van der Waals surface area contributed by atoms with Crippen LogP contribution in [0.2, 0.25) is 0 Å². The quantitative estimate of drug-likeness (QED) is 0.811. The predicted molar refractivity (Wildman–Crippen MR) is 59.7 cm³/mol. The van der Waals surface area contributed by atoms with Gasteiger partial charge in [0, 0.05) is 0 Å². The van der Waals surface area contributed by atoms with E-state index in [9.17, 15) is 4.39 Å². The molecule has 17 heavy (non-hydrogen) atoms. The zero-order valence-electron chi connectivity index (χ0n) is 8.93. The largest absolute Gasteiger partial charge is 0.487 e. The molecular formula is C13H9FN2O. The number of halogens is 1. The van der Waals surface area contributed by atoms with E-state index < -0.39 is 0 Å². The second-order valence-electron chi connectivity index (χ2n) is 3.41. The normalized spacial score (nSPS) is 9.65. The van der Waals surface area contributed by atoms with Crippen molar-refractivity contribution >= 4 is 0 Å². The first kappa shape index (κ1) is 11.1. The van der Waals surface area contributed by atoms with Crippen molar-refractivity contribution < 1.29 is 9.13 Å². The van der Waals surface area contributed by atoms with Gasteiger partial charge < -0.3 is 4.74 Å². The summed E-state index contributed by atoms with van der Waals surface area (Å²) >= 11 is 0. The summed E-state index contributed by atoms with van der Waals surface area (Å²) in [5.74, 6) is 0.261. The maximum absolute atomic E-state index is 12.9. The number of ether oxygens (including phenoxy) is 1. The fourth-order valence-corrected chi connectivity index (χ4v) is 1.33. The number of nitrogens with zero attached hydrogens (tertiary/aromatic N) is 2. The molecule has 0 radical (unpaired) electrons. The molecule has 0 fully saturated rings. The van der Waals surface area contributed by atoms with Gasteiger partial charge in [-0.05, 0) is 29.8 Å². The van der Waals surface area contributed by atoms with Crippen LogP contribution in [0.5, 0.6) is 5.75 Å². The zero-order chi connectivity index (χ0) is 12.1. The number of aromatic nitrogens is 1. The van der Waals surface area contributed by atoms with E-state index in [1.165, 1.54) is 18.3 Å². The van der Waals surface area contributed by atoms with Crippen LogP contribution in [0, 0.1) is 17.1 Å². The standard InChI is InChI=1S/C13H9FN2O/c14-11-3-1-2-10(6-11)9-17-13-5-4-12(7-15)16-8-13/h1-6,8H,9H2. The highest BCUT2D eigenvalue weighted by atomic mass is 19.1. The third kappa shape index (κ3) is 3.02. The van der Waals surface area contributed by atoms with Crippen molar-refractivity contribution in [3.63, 3.8) is 0 Å². The van der Waals surface area contributed by atoms with Crippen molar-refractivity contribution in [1.29, 1.82) is 5.26 Å². The van der Waals surface area contributed by atoms with E-state index in [0.29, 0.717) is 11.4 Å². The monoisotopic (exact) mass is 228 g/mol. The lowest BCUT2D eigenvalue weighted by atomic mass is 10.2. The molecule has 0 saturated heterocycles. The first-order chi connectivity index (χ1) is 8.28. The van der Waals surface area contributed by atoms with Crippen molar-refractivity contribution in [2.24, 2.45) is 0 Å². The number of hydrogen-bond donors (Lipinski definition) is 0. The van der Waals surface area contributed by atoms with Crippen molar-refractivity contribution in [3.8, 4) is 11.8 Å². The number of hydrogen-bond acceptors (Lipinski definition) is 3. The van der Waals surface area contributed by atoms with Gasteiger partial charge in [-0.3, -0.25) is 0 Å². The Morgan fingerprint density at radius 2 is 2.18 bits per heavy atom. The number of pyridine rings is 1. The molecule has 0 spiro atoms. The number of nitriles is 1. The lowest BCUT2D eigenvalue weighted by Crippen LogP contribution is -1.96. The van der Waals surface area contributed by atoms with Crippen LogP contribution >= 0.6 is 0 Å². The van der Waals surface area contributed by atoms with E-state index in [1.807, 2.05) is 6.07 Å². The fourth-order valence-electron chi connectivity index (χ4n) is 1.33. The van der Waals surface area contributed by atoms with E-state index in [2.05, 4.69) is 4.98 Å². The van der Waals surface area contributed by atoms with Crippen molar-refractivity contribution in [1.82, 2.24) is 4.98 Å². The van der Waals surface area contributed by atoms with E-state index in [0.717, 1.165) is 5.56 Å². The molecule has 3 nitrogen and oxygen atoms in total. The molecule has 0 unspecified atom stereocenters. The fraction of sp³-hybridized carbons (Fsp3) is 0.0769. The van der Waals surface area contributed by atoms with Gasteiger partial charge in [0.25, 0.3) is 0 Å². The lowest BCUT2D eigenvalue weighted by Gasteiger charge is -2.05. The Morgan fingerprint density at radius 3 is 2.82 bits per heavy atom. The summed E-state index contributed by atoms with van der Waals surface area (Å²) in [6.45, 7) is 0.269. The van der Waals surface area contributed by atoms with Crippen LogP contribution in [0.1, 0.15) is 11.3 Å². The van der Waals surface area contributed by atoms with Crippen molar-refractivity contribution in [2.45, 2.75) is 6.61 Å². The van der Waals surface area contributed by atoms with Crippen molar-refractivity contribution in [3.05, 3.63) is 59.7 Å². The first-order valence-corrected chi connectivity index (χ1v) is 5.01. The minimum atomic E-state index is -0.288. The Balaban J connectivity index is 2.00. The molecule has 1 aromatic heterocycles. The molecule has 0 saturated carbocycles. The van der Waals surface area contributed by atoms with Gasteiger partial charge in [-0.1, -0.05) is 12.1 Å². The smallest absolute Gasteiger partial charge is 0.140 e. The molecule has 0 atom stereocenters. The summed E-state index contributed by atoms with van der Waals surface area (Å²) in [5.41, 5.74) is 1.08. The summed E-state index contributed by atoms with van der Waals surface area (Å²) in [4.78, 5) is 3.87. The molecule has 0 N–H and O–H groups in total. The minimum Gasteiger partial charge on any atom is -0.487 e.